The van der Waals surface area contributed by atoms with E-state index in [0.717, 1.165) is 24.1 Å². The summed E-state index contributed by atoms with van der Waals surface area (Å²) in [5.41, 5.74) is 3.00. The average molecular weight is 435 g/mol. The van der Waals surface area contributed by atoms with Crippen LogP contribution in [0.25, 0.3) is 17.0 Å². The van der Waals surface area contributed by atoms with Crippen molar-refractivity contribution in [3.8, 4) is 17.3 Å². The zero-order valence-corrected chi connectivity index (χ0v) is 18.1. The van der Waals surface area contributed by atoms with E-state index in [2.05, 4.69) is 26.9 Å². The van der Waals surface area contributed by atoms with Crippen LogP contribution < -0.4 is 4.74 Å². The summed E-state index contributed by atoms with van der Waals surface area (Å²) in [6.07, 6.45) is 10.4. The highest BCUT2D eigenvalue weighted by Crippen LogP contribution is 2.29. The number of carbonyl (C=O) groups is 1. The number of piperidine rings is 1. The van der Waals surface area contributed by atoms with E-state index in [4.69, 9.17) is 4.74 Å². The number of thiophene rings is 1. The monoisotopic (exact) mass is 434 g/mol. The van der Waals surface area contributed by atoms with Gasteiger partial charge in [-0.1, -0.05) is 0 Å². The van der Waals surface area contributed by atoms with Crippen LogP contribution in [0.15, 0.2) is 47.8 Å². The van der Waals surface area contributed by atoms with Crippen molar-refractivity contribution in [2.24, 2.45) is 0 Å². The Bertz CT molecular complexity index is 1220. The molecule has 1 fully saturated rings. The van der Waals surface area contributed by atoms with Gasteiger partial charge < -0.3 is 14.0 Å². The van der Waals surface area contributed by atoms with E-state index in [1.54, 1.807) is 24.7 Å². The molecule has 2 atom stereocenters. The maximum atomic E-state index is 13.5. The molecule has 9 heteroatoms. The molecule has 158 valence electrons. The van der Waals surface area contributed by atoms with Crippen molar-refractivity contribution >= 4 is 22.9 Å². The third-order valence-corrected chi connectivity index (χ3v) is 6.28. The topological polar surface area (TPSA) is 85.5 Å². The number of aryl methyl sites for hydroxylation is 1. The summed E-state index contributed by atoms with van der Waals surface area (Å²) in [7, 11) is 0. The van der Waals surface area contributed by atoms with Gasteiger partial charge in [-0.2, -0.15) is 11.3 Å². The Kier molecular flexibility index (Phi) is 5.11. The van der Waals surface area contributed by atoms with Gasteiger partial charge in [0.1, 0.15) is 6.10 Å². The minimum Gasteiger partial charge on any atom is -0.470 e. The summed E-state index contributed by atoms with van der Waals surface area (Å²) in [5.74, 6) is 1.04. The summed E-state index contributed by atoms with van der Waals surface area (Å²) in [5, 5.41) is 3.80. The molecule has 0 N–H and O–H groups in total. The fraction of sp³-hybridized carbons (Fsp3) is 0.318. The molecule has 0 bridgehead atoms. The number of imidazole rings is 1. The molecule has 5 heterocycles. The zero-order valence-electron chi connectivity index (χ0n) is 17.3. The Morgan fingerprint density at radius 3 is 2.84 bits per heavy atom. The average Bonchev–Trinajstić information content (AvgIpc) is 3.42. The first kappa shape index (κ1) is 19.6. The van der Waals surface area contributed by atoms with Crippen LogP contribution in [-0.4, -0.2) is 53.8 Å². The molecule has 0 spiro atoms. The molecule has 5 rings (SSSR count). The number of nitrogens with zero attached hydrogens (tertiary/aromatic N) is 6. The summed E-state index contributed by atoms with van der Waals surface area (Å²) in [6, 6.07) is 1.89. The molecule has 1 aliphatic rings. The van der Waals surface area contributed by atoms with E-state index in [-0.39, 0.29) is 18.1 Å². The zero-order chi connectivity index (χ0) is 21.4. The van der Waals surface area contributed by atoms with Crippen LogP contribution in [0.2, 0.25) is 0 Å². The molecule has 4 aromatic rings. The number of amides is 1. The number of fused-ring (bicyclic) bond motifs is 1. The second-order valence-electron chi connectivity index (χ2n) is 7.74. The van der Waals surface area contributed by atoms with Gasteiger partial charge >= 0.3 is 0 Å². The van der Waals surface area contributed by atoms with Crippen molar-refractivity contribution in [3.05, 3.63) is 59.1 Å². The van der Waals surface area contributed by atoms with Gasteiger partial charge in [-0.15, -0.1) is 0 Å². The van der Waals surface area contributed by atoms with Crippen LogP contribution in [-0.2, 0) is 0 Å². The SMILES string of the molecule is Cc1cn2ccnc(O[C@@H]3CC[C@@H](C)N(C(=O)c4cscc4-c4ncccn4)C3)c2n1. The van der Waals surface area contributed by atoms with Gasteiger partial charge in [0.05, 0.1) is 17.8 Å². The molecule has 1 amide bonds. The maximum absolute atomic E-state index is 13.5. The lowest BCUT2D eigenvalue weighted by Crippen LogP contribution is -2.49. The van der Waals surface area contributed by atoms with Gasteiger partial charge in [0.25, 0.3) is 11.8 Å². The Morgan fingerprint density at radius 1 is 1.16 bits per heavy atom. The number of hydrogen-bond acceptors (Lipinski definition) is 7. The summed E-state index contributed by atoms with van der Waals surface area (Å²) < 4.78 is 8.14. The quantitative estimate of drug-likeness (QED) is 0.488. The van der Waals surface area contributed by atoms with Crippen LogP contribution in [0.3, 0.4) is 0 Å². The molecule has 0 aromatic carbocycles. The van der Waals surface area contributed by atoms with Gasteiger partial charge in [-0.3, -0.25) is 4.79 Å². The van der Waals surface area contributed by atoms with Crippen LogP contribution >= 0.6 is 11.3 Å². The predicted octanol–water partition coefficient (Wildman–Crippen LogP) is 3.63. The van der Waals surface area contributed by atoms with E-state index < -0.39 is 0 Å². The smallest absolute Gasteiger partial charge is 0.258 e. The number of rotatable bonds is 4. The van der Waals surface area contributed by atoms with Gasteiger partial charge in [0, 0.05) is 53.3 Å². The predicted molar refractivity (Wildman–Crippen MR) is 117 cm³/mol. The third-order valence-electron chi connectivity index (χ3n) is 5.54. The van der Waals surface area contributed by atoms with Crippen molar-refractivity contribution in [2.45, 2.75) is 38.8 Å². The second-order valence-corrected chi connectivity index (χ2v) is 8.48. The minimum atomic E-state index is -0.147. The number of carbonyl (C=O) groups excluding carboxylic acids is 1. The van der Waals surface area contributed by atoms with Crippen molar-refractivity contribution in [1.82, 2.24) is 29.2 Å². The normalized spacial score (nSPS) is 19.0. The van der Waals surface area contributed by atoms with Gasteiger partial charge in [0.2, 0.25) is 5.65 Å². The molecule has 0 aliphatic carbocycles. The van der Waals surface area contributed by atoms with Crippen LogP contribution in [0.1, 0.15) is 35.8 Å². The summed E-state index contributed by atoms with van der Waals surface area (Å²) in [4.78, 5) is 32.9. The number of likely N-dealkylation sites (tertiary alicyclic amines) is 1. The van der Waals surface area contributed by atoms with E-state index in [1.807, 2.05) is 39.4 Å². The molecule has 0 unspecified atom stereocenters. The Hall–Kier alpha value is -3.33. The standard InChI is InChI=1S/C22H22N6O2S/c1-14-10-27-9-8-25-21(20(27)26-14)30-16-5-4-15(2)28(11-16)22(29)18-13-31-12-17(18)19-23-6-3-7-24-19/h3,6-10,12-13,15-16H,4-5,11H2,1-2H3/t15-,16-/m1/s1. The van der Waals surface area contributed by atoms with Gasteiger partial charge in [-0.25, -0.2) is 19.9 Å². The molecule has 31 heavy (non-hydrogen) atoms. The Morgan fingerprint density at radius 2 is 2.00 bits per heavy atom. The second kappa shape index (κ2) is 8.07. The lowest BCUT2D eigenvalue weighted by Gasteiger charge is -2.37. The first-order valence-corrected chi connectivity index (χ1v) is 11.2. The van der Waals surface area contributed by atoms with Crippen molar-refractivity contribution in [1.29, 1.82) is 0 Å². The first-order valence-electron chi connectivity index (χ1n) is 10.2. The van der Waals surface area contributed by atoms with Crippen LogP contribution in [0.5, 0.6) is 5.88 Å². The fourth-order valence-electron chi connectivity index (χ4n) is 3.94. The van der Waals surface area contributed by atoms with Crippen molar-refractivity contribution in [3.63, 3.8) is 0 Å². The summed E-state index contributed by atoms with van der Waals surface area (Å²) >= 11 is 1.48. The molecule has 1 saturated heterocycles. The van der Waals surface area contributed by atoms with E-state index in [9.17, 15) is 4.79 Å². The molecule has 8 nitrogen and oxygen atoms in total. The molecule has 0 saturated carbocycles. The van der Waals surface area contributed by atoms with Gasteiger partial charge in [-0.05, 0) is 32.8 Å². The first-order chi connectivity index (χ1) is 15.1. The molecular weight excluding hydrogens is 412 g/mol. The van der Waals surface area contributed by atoms with E-state index in [0.29, 0.717) is 29.5 Å². The number of hydrogen-bond donors (Lipinski definition) is 0. The molecule has 1 aliphatic heterocycles. The minimum absolute atomic E-state index is 0.0210. The Labute approximate surface area is 183 Å². The third kappa shape index (κ3) is 3.76. The Balaban J connectivity index is 1.38. The highest BCUT2D eigenvalue weighted by atomic mass is 32.1. The number of ether oxygens (including phenoxy) is 1. The highest BCUT2D eigenvalue weighted by Gasteiger charge is 2.33. The summed E-state index contributed by atoms with van der Waals surface area (Å²) in [6.45, 7) is 4.51. The lowest BCUT2D eigenvalue weighted by atomic mass is 9.99. The lowest BCUT2D eigenvalue weighted by molar-refractivity contribution is 0.0377. The van der Waals surface area contributed by atoms with E-state index >= 15 is 0 Å². The van der Waals surface area contributed by atoms with Crippen LogP contribution in [0, 0.1) is 6.92 Å². The molecular formula is C22H22N6O2S. The van der Waals surface area contributed by atoms with Crippen molar-refractivity contribution < 1.29 is 9.53 Å². The number of aromatic nitrogens is 5. The van der Waals surface area contributed by atoms with Gasteiger partial charge in [0.15, 0.2) is 5.82 Å². The fourth-order valence-corrected chi connectivity index (χ4v) is 4.74. The highest BCUT2D eigenvalue weighted by molar-refractivity contribution is 7.08. The molecule has 4 aromatic heterocycles. The van der Waals surface area contributed by atoms with Crippen molar-refractivity contribution in [2.75, 3.05) is 6.54 Å². The molecule has 0 radical (unpaired) electrons. The van der Waals surface area contributed by atoms with E-state index in [1.165, 1.54) is 11.3 Å². The van der Waals surface area contributed by atoms with Crippen LogP contribution in [0.4, 0.5) is 0 Å². The largest absolute Gasteiger partial charge is 0.470 e. The maximum Gasteiger partial charge on any atom is 0.258 e.